The number of benzene rings is 1. The summed E-state index contributed by atoms with van der Waals surface area (Å²) in [5, 5.41) is 11.4. The van der Waals surface area contributed by atoms with Gasteiger partial charge in [0.05, 0.1) is 21.9 Å². The van der Waals surface area contributed by atoms with Crippen LogP contribution in [0.1, 0.15) is 29.3 Å². The molecule has 28 heavy (non-hydrogen) atoms. The maximum Gasteiger partial charge on any atom is 0.418 e. The fraction of sp³-hybridized carbons (Fsp3) is 0.278. The summed E-state index contributed by atoms with van der Waals surface area (Å²) in [6, 6.07) is 5.14. The van der Waals surface area contributed by atoms with Crippen LogP contribution in [0.5, 0.6) is 0 Å². The van der Waals surface area contributed by atoms with E-state index in [0.29, 0.717) is 0 Å². The molecule has 0 fully saturated rings. The molecule has 1 amide bonds. The predicted molar refractivity (Wildman–Crippen MR) is 98.8 cm³/mol. The number of carbonyl (C=O) groups is 1. The van der Waals surface area contributed by atoms with Crippen LogP contribution in [0.2, 0.25) is 5.02 Å². The molecule has 0 saturated heterocycles. The standard InChI is InChI=1S/C18H14ClF4N3OS/c1-3-14-9(2)16(18(21,22)23)11(7-24)17(26-14)28-8-15(27)25-10-4-5-13(20)12(19)6-10/h4-6H,3,8H2,1-2H3,(H,25,27). The van der Waals surface area contributed by atoms with E-state index in [0.717, 1.165) is 17.8 Å². The molecule has 0 aliphatic carbocycles. The molecule has 0 radical (unpaired) electrons. The number of nitrogens with one attached hydrogen (secondary N) is 1. The monoisotopic (exact) mass is 431 g/mol. The van der Waals surface area contributed by atoms with Crippen LogP contribution in [-0.4, -0.2) is 16.6 Å². The summed E-state index contributed by atoms with van der Waals surface area (Å²) in [5.41, 5.74) is -1.29. The molecule has 0 atom stereocenters. The molecule has 1 heterocycles. The third-order valence-corrected chi connectivity index (χ3v) is 5.05. The van der Waals surface area contributed by atoms with Crippen molar-refractivity contribution >= 4 is 35.0 Å². The van der Waals surface area contributed by atoms with E-state index in [9.17, 15) is 27.6 Å². The molecular weight excluding hydrogens is 418 g/mol. The summed E-state index contributed by atoms with van der Waals surface area (Å²) in [7, 11) is 0. The number of carbonyl (C=O) groups excluding carboxylic acids is 1. The maximum atomic E-state index is 13.4. The van der Waals surface area contributed by atoms with Crippen molar-refractivity contribution in [3.05, 3.63) is 51.4 Å². The highest BCUT2D eigenvalue weighted by Gasteiger charge is 2.38. The minimum absolute atomic E-state index is 0.0960. The van der Waals surface area contributed by atoms with Gasteiger partial charge in [-0.1, -0.05) is 30.3 Å². The fourth-order valence-electron chi connectivity index (χ4n) is 2.51. The number of halogens is 5. The van der Waals surface area contributed by atoms with Gasteiger partial charge in [0.1, 0.15) is 16.9 Å². The van der Waals surface area contributed by atoms with E-state index >= 15 is 0 Å². The van der Waals surface area contributed by atoms with E-state index in [-0.39, 0.29) is 39.2 Å². The summed E-state index contributed by atoms with van der Waals surface area (Å²) in [4.78, 5) is 16.2. The fourth-order valence-corrected chi connectivity index (χ4v) is 3.50. The first kappa shape index (κ1) is 22.0. The van der Waals surface area contributed by atoms with Crippen LogP contribution in [-0.2, 0) is 17.4 Å². The lowest BCUT2D eigenvalue weighted by Crippen LogP contribution is -2.17. The van der Waals surface area contributed by atoms with Crippen molar-refractivity contribution in [2.75, 3.05) is 11.1 Å². The van der Waals surface area contributed by atoms with Gasteiger partial charge in [0.25, 0.3) is 0 Å². The maximum absolute atomic E-state index is 13.4. The number of alkyl halides is 3. The Bertz CT molecular complexity index is 957. The normalized spacial score (nSPS) is 11.2. The Hall–Kier alpha value is -2.31. The smallest absolute Gasteiger partial charge is 0.325 e. The van der Waals surface area contributed by atoms with Crippen LogP contribution < -0.4 is 5.32 Å². The minimum atomic E-state index is -4.72. The lowest BCUT2D eigenvalue weighted by molar-refractivity contribution is -0.138. The number of thioether (sulfide) groups is 1. The van der Waals surface area contributed by atoms with E-state index < -0.39 is 29.0 Å². The Morgan fingerprint density at radius 1 is 1.39 bits per heavy atom. The van der Waals surface area contributed by atoms with Gasteiger partial charge in [-0.15, -0.1) is 0 Å². The van der Waals surface area contributed by atoms with Crippen molar-refractivity contribution in [3.63, 3.8) is 0 Å². The van der Waals surface area contributed by atoms with Crippen molar-refractivity contribution in [2.45, 2.75) is 31.5 Å². The summed E-state index contributed by atoms with van der Waals surface area (Å²) >= 11 is 6.36. The van der Waals surface area contributed by atoms with Crippen molar-refractivity contribution < 1.29 is 22.4 Å². The number of nitriles is 1. The van der Waals surface area contributed by atoms with Crippen molar-refractivity contribution in [2.24, 2.45) is 0 Å². The average Bonchev–Trinajstić information content (AvgIpc) is 2.62. The molecule has 2 aromatic rings. The second-order valence-electron chi connectivity index (χ2n) is 5.67. The van der Waals surface area contributed by atoms with Gasteiger partial charge in [-0.2, -0.15) is 18.4 Å². The molecule has 0 unspecified atom stereocenters. The van der Waals surface area contributed by atoms with Crippen LogP contribution in [0, 0.1) is 24.1 Å². The second kappa shape index (κ2) is 8.80. The number of hydrogen-bond acceptors (Lipinski definition) is 4. The van der Waals surface area contributed by atoms with Crippen molar-refractivity contribution in [3.8, 4) is 6.07 Å². The highest BCUT2D eigenvalue weighted by molar-refractivity contribution is 8.00. The van der Waals surface area contributed by atoms with Gasteiger partial charge in [0.2, 0.25) is 5.91 Å². The third-order valence-electron chi connectivity index (χ3n) is 3.78. The van der Waals surface area contributed by atoms with Crippen LogP contribution in [0.4, 0.5) is 23.2 Å². The van der Waals surface area contributed by atoms with Crippen LogP contribution in [0.3, 0.4) is 0 Å². The molecule has 0 bridgehead atoms. The van der Waals surface area contributed by atoms with Crippen molar-refractivity contribution in [1.29, 1.82) is 5.26 Å². The molecule has 0 aliphatic rings. The molecule has 1 aromatic heterocycles. The first-order chi connectivity index (χ1) is 13.1. The predicted octanol–water partition coefficient (Wildman–Crippen LogP) is 5.37. The van der Waals surface area contributed by atoms with Gasteiger partial charge in [-0.05, 0) is 37.1 Å². The molecule has 148 valence electrons. The largest absolute Gasteiger partial charge is 0.418 e. The van der Waals surface area contributed by atoms with Gasteiger partial charge in [-0.25, -0.2) is 9.37 Å². The Labute approximate surface area is 167 Å². The molecular formula is C18H14ClF4N3OS. The minimum Gasteiger partial charge on any atom is -0.325 e. The van der Waals surface area contributed by atoms with E-state index in [2.05, 4.69) is 10.3 Å². The molecule has 0 aliphatic heterocycles. The Morgan fingerprint density at radius 3 is 2.61 bits per heavy atom. The third kappa shape index (κ3) is 4.94. The lowest BCUT2D eigenvalue weighted by atomic mass is 10.0. The molecule has 10 heteroatoms. The molecule has 4 nitrogen and oxygen atoms in total. The molecule has 1 N–H and O–H groups in total. The zero-order valence-corrected chi connectivity index (χ0v) is 16.3. The van der Waals surface area contributed by atoms with Crippen LogP contribution >= 0.6 is 23.4 Å². The Kier molecular flexibility index (Phi) is 6.91. The van der Waals surface area contributed by atoms with E-state index in [1.165, 1.54) is 19.1 Å². The number of rotatable bonds is 5. The van der Waals surface area contributed by atoms with E-state index in [4.69, 9.17) is 11.6 Å². The summed E-state index contributed by atoms with van der Waals surface area (Å²) in [6.45, 7) is 2.93. The van der Waals surface area contributed by atoms with Crippen molar-refractivity contribution in [1.82, 2.24) is 4.98 Å². The second-order valence-corrected chi connectivity index (χ2v) is 7.04. The molecule has 0 saturated carbocycles. The number of pyridine rings is 1. The Balaban J connectivity index is 2.27. The van der Waals surface area contributed by atoms with E-state index in [1.807, 2.05) is 0 Å². The number of anilines is 1. The average molecular weight is 432 g/mol. The summed E-state index contributed by atoms with van der Waals surface area (Å²) in [6.07, 6.45) is -4.47. The number of nitrogens with zero attached hydrogens (tertiary/aromatic N) is 2. The zero-order chi connectivity index (χ0) is 21.1. The number of hydrogen-bond donors (Lipinski definition) is 1. The highest BCUT2D eigenvalue weighted by atomic mass is 35.5. The molecule has 2 rings (SSSR count). The lowest BCUT2D eigenvalue weighted by Gasteiger charge is -2.17. The van der Waals surface area contributed by atoms with Crippen LogP contribution in [0.15, 0.2) is 23.2 Å². The summed E-state index contributed by atoms with van der Waals surface area (Å²) in [5.74, 6) is -1.51. The zero-order valence-electron chi connectivity index (χ0n) is 14.7. The van der Waals surface area contributed by atoms with Crippen LogP contribution in [0.25, 0.3) is 0 Å². The number of aryl methyl sites for hydroxylation is 1. The van der Waals surface area contributed by atoms with Gasteiger partial charge < -0.3 is 5.32 Å². The van der Waals surface area contributed by atoms with Gasteiger partial charge >= 0.3 is 6.18 Å². The first-order valence-electron chi connectivity index (χ1n) is 7.96. The molecule has 1 aromatic carbocycles. The summed E-state index contributed by atoms with van der Waals surface area (Å²) < 4.78 is 53.5. The van der Waals surface area contributed by atoms with E-state index in [1.54, 1.807) is 13.0 Å². The highest BCUT2D eigenvalue weighted by Crippen LogP contribution is 2.38. The van der Waals surface area contributed by atoms with Gasteiger partial charge in [0.15, 0.2) is 0 Å². The Morgan fingerprint density at radius 2 is 2.07 bits per heavy atom. The van der Waals surface area contributed by atoms with Gasteiger partial charge in [0, 0.05) is 11.4 Å². The SMILES string of the molecule is CCc1nc(SCC(=O)Nc2ccc(F)c(Cl)c2)c(C#N)c(C(F)(F)F)c1C. The first-order valence-corrected chi connectivity index (χ1v) is 9.33. The topological polar surface area (TPSA) is 65.8 Å². The number of aromatic nitrogens is 1. The van der Waals surface area contributed by atoms with Gasteiger partial charge in [-0.3, -0.25) is 4.79 Å². The quantitative estimate of drug-likeness (QED) is 0.511. The molecule has 0 spiro atoms. The number of amides is 1.